The smallest absolute Gasteiger partial charge is 0.339 e. The van der Waals surface area contributed by atoms with Gasteiger partial charge in [-0.05, 0) is 12.5 Å². The summed E-state index contributed by atoms with van der Waals surface area (Å²) < 4.78 is 10.4. The quantitative estimate of drug-likeness (QED) is 0.762. The number of morpholine rings is 1. The van der Waals surface area contributed by atoms with E-state index in [1.807, 2.05) is 4.90 Å². The van der Waals surface area contributed by atoms with Gasteiger partial charge in [0.2, 0.25) is 0 Å². The first-order valence-electron chi connectivity index (χ1n) is 8.80. The summed E-state index contributed by atoms with van der Waals surface area (Å²) in [4.78, 5) is 32.8. The maximum atomic E-state index is 12.8. The number of rotatable bonds is 4. The second-order valence-corrected chi connectivity index (χ2v) is 6.58. The number of methoxy groups -OCH3 is 1. The fourth-order valence-electron chi connectivity index (χ4n) is 3.67. The lowest BCUT2D eigenvalue weighted by molar-refractivity contribution is -0.0776. The van der Waals surface area contributed by atoms with Crippen molar-refractivity contribution in [3.05, 3.63) is 29.6 Å². The number of amides is 1. The number of hydrogen-bond donors (Lipinski definition) is 0. The van der Waals surface area contributed by atoms with E-state index >= 15 is 0 Å². The van der Waals surface area contributed by atoms with Gasteiger partial charge in [0.25, 0.3) is 5.91 Å². The van der Waals surface area contributed by atoms with Crippen molar-refractivity contribution in [2.75, 3.05) is 40.0 Å². The number of fused-ring (bicyclic) bond motifs is 1. The second-order valence-electron chi connectivity index (χ2n) is 6.58. The molecule has 0 saturated carbocycles. The Morgan fingerprint density at radius 3 is 2.84 bits per heavy atom. The van der Waals surface area contributed by atoms with Gasteiger partial charge in [-0.3, -0.25) is 14.7 Å². The number of ether oxygens (including phenoxy) is 2. The van der Waals surface area contributed by atoms with E-state index in [4.69, 9.17) is 9.47 Å². The third-order valence-electron chi connectivity index (χ3n) is 4.93. The van der Waals surface area contributed by atoms with Crippen LogP contribution in [-0.2, 0) is 9.47 Å². The Hall–Kier alpha value is -1.99. The monoisotopic (exact) mass is 347 g/mol. The molecule has 0 spiro atoms. The number of hydrogen-bond acceptors (Lipinski definition) is 6. The van der Waals surface area contributed by atoms with Crippen molar-refractivity contribution >= 4 is 11.9 Å². The van der Waals surface area contributed by atoms with Gasteiger partial charge in [-0.25, -0.2) is 4.79 Å². The molecule has 0 bridgehead atoms. The van der Waals surface area contributed by atoms with Crippen LogP contribution in [0.4, 0.5) is 0 Å². The zero-order valence-corrected chi connectivity index (χ0v) is 14.8. The lowest BCUT2D eigenvalue weighted by Crippen LogP contribution is -2.62. The Labute approximate surface area is 147 Å². The largest absolute Gasteiger partial charge is 0.465 e. The third kappa shape index (κ3) is 3.82. The molecule has 0 aromatic carbocycles. The first kappa shape index (κ1) is 17.8. The molecule has 0 aliphatic carbocycles. The molecule has 3 heterocycles. The van der Waals surface area contributed by atoms with Crippen LogP contribution in [-0.4, -0.2) is 78.7 Å². The number of esters is 1. The van der Waals surface area contributed by atoms with Crippen LogP contribution < -0.4 is 0 Å². The van der Waals surface area contributed by atoms with E-state index in [0.29, 0.717) is 31.3 Å². The highest BCUT2D eigenvalue weighted by molar-refractivity contribution is 5.97. The molecular formula is C18H25N3O4. The van der Waals surface area contributed by atoms with Gasteiger partial charge < -0.3 is 14.4 Å². The second kappa shape index (κ2) is 7.93. The SMILES string of the molecule is CCC[C@H]1COC[C@H]2CN(C(=O)c3cncc(C(=O)OC)c3)CCN12. The first-order chi connectivity index (χ1) is 12.1. The van der Waals surface area contributed by atoms with Gasteiger partial charge in [-0.2, -0.15) is 0 Å². The summed E-state index contributed by atoms with van der Waals surface area (Å²) in [6.45, 7) is 5.80. The normalized spacial score (nSPS) is 23.8. The van der Waals surface area contributed by atoms with Crippen LogP contribution in [0.2, 0.25) is 0 Å². The highest BCUT2D eigenvalue weighted by Crippen LogP contribution is 2.22. The number of pyridine rings is 1. The summed E-state index contributed by atoms with van der Waals surface area (Å²) in [5.41, 5.74) is 0.703. The number of carbonyl (C=O) groups excluding carboxylic acids is 2. The summed E-state index contributed by atoms with van der Waals surface area (Å²) in [7, 11) is 1.31. The van der Waals surface area contributed by atoms with Gasteiger partial charge >= 0.3 is 5.97 Å². The number of piperazine rings is 1. The number of carbonyl (C=O) groups is 2. The number of aromatic nitrogens is 1. The molecule has 1 aromatic rings. The maximum absolute atomic E-state index is 12.8. The molecule has 136 valence electrons. The minimum absolute atomic E-state index is 0.101. The lowest BCUT2D eigenvalue weighted by Gasteiger charge is -2.48. The van der Waals surface area contributed by atoms with Crippen LogP contribution in [0.15, 0.2) is 18.5 Å². The molecule has 0 radical (unpaired) electrons. The highest BCUT2D eigenvalue weighted by Gasteiger charge is 2.36. The lowest BCUT2D eigenvalue weighted by atomic mass is 10.0. The summed E-state index contributed by atoms with van der Waals surface area (Å²) in [5.74, 6) is -0.592. The Bertz CT molecular complexity index is 635. The molecule has 25 heavy (non-hydrogen) atoms. The molecule has 2 saturated heterocycles. The summed E-state index contributed by atoms with van der Waals surface area (Å²) >= 11 is 0. The molecule has 7 heteroatoms. The van der Waals surface area contributed by atoms with E-state index in [2.05, 4.69) is 16.8 Å². The van der Waals surface area contributed by atoms with E-state index in [1.54, 1.807) is 6.07 Å². The molecule has 7 nitrogen and oxygen atoms in total. The summed E-state index contributed by atoms with van der Waals surface area (Å²) in [5, 5.41) is 0. The molecule has 2 fully saturated rings. The van der Waals surface area contributed by atoms with E-state index in [9.17, 15) is 9.59 Å². The Morgan fingerprint density at radius 2 is 2.08 bits per heavy atom. The average molecular weight is 347 g/mol. The van der Waals surface area contributed by atoms with Gasteiger partial charge in [0.15, 0.2) is 0 Å². The molecule has 2 aliphatic rings. The van der Waals surface area contributed by atoms with Crippen molar-refractivity contribution in [2.45, 2.75) is 31.8 Å². The minimum atomic E-state index is -0.491. The first-order valence-corrected chi connectivity index (χ1v) is 8.80. The molecule has 1 aromatic heterocycles. The van der Waals surface area contributed by atoms with Crippen molar-refractivity contribution in [3.8, 4) is 0 Å². The molecular weight excluding hydrogens is 322 g/mol. The van der Waals surface area contributed by atoms with Crippen LogP contribution in [0.1, 0.15) is 40.5 Å². The van der Waals surface area contributed by atoms with Crippen molar-refractivity contribution in [1.29, 1.82) is 0 Å². The zero-order valence-electron chi connectivity index (χ0n) is 14.8. The van der Waals surface area contributed by atoms with Crippen molar-refractivity contribution in [3.63, 3.8) is 0 Å². The van der Waals surface area contributed by atoms with Gasteiger partial charge in [-0.15, -0.1) is 0 Å². The third-order valence-corrected chi connectivity index (χ3v) is 4.93. The molecule has 0 unspecified atom stereocenters. The van der Waals surface area contributed by atoms with E-state index < -0.39 is 5.97 Å². The van der Waals surface area contributed by atoms with Crippen molar-refractivity contribution < 1.29 is 19.1 Å². The molecule has 1 amide bonds. The molecule has 2 atom stereocenters. The Kier molecular flexibility index (Phi) is 5.65. The predicted molar refractivity (Wildman–Crippen MR) is 91.5 cm³/mol. The summed E-state index contributed by atoms with van der Waals surface area (Å²) in [6, 6.07) is 2.23. The average Bonchev–Trinajstić information content (AvgIpc) is 2.67. The Morgan fingerprint density at radius 1 is 1.28 bits per heavy atom. The van der Waals surface area contributed by atoms with E-state index in [-0.39, 0.29) is 17.5 Å². The predicted octanol–water partition coefficient (Wildman–Crippen LogP) is 1.19. The van der Waals surface area contributed by atoms with Crippen LogP contribution >= 0.6 is 0 Å². The molecule has 2 aliphatic heterocycles. The molecule has 3 rings (SSSR count). The fraction of sp³-hybridized carbons (Fsp3) is 0.611. The van der Waals surface area contributed by atoms with Crippen LogP contribution in [0, 0.1) is 0 Å². The van der Waals surface area contributed by atoms with Crippen molar-refractivity contribution in [1.82, 2.24) is 14.8 Å². The maximum Gasteiger partial charge on any atom is 0.339 e. The van der Waals surface area contributed by atoms with Crippen LogP contribution in [0.3, 0.4) is 0 Å². The van der Waals surface area contributed by atoms with E-state index in [0.717, 1.165) is 26.0 Å². The van der Waals surface area contributed by atoms with Crippen LogP contribution in [0.5, 0.6) is 0 Å². The van der Waals surface area contributed by atoms with E-state index in [1.165, 1.54) is 19.5 Å². The van der Waals surface area contributed by atoms with Gasteiger partial charge in [-0.1, -0.05) is 13.3 Å². The van der Waals surface area contributed by atoms with Gasteiger partial charge in [0.1, 0.15) is 0 Å². The zero-order chi connectivity index (χ0) is 17.8. The number of nitrogens with zero attached hydrogens (tertiary/aromatic N) is 3. The van der Waals surface area contributed by atoms with Crippen LogP contribution in [0.25, 0.3) is 0 Å². The van der Waals surface area contributed by atoms with Gasteiger partial charge in [0.05, 0.1) is 37.5 Å². The Balaban J connectivity index is 1.69. The topological polar surface area (TPSA) is 72.0 Å². The minimum Gasteiger partial charge on any atom is -0.465 e. The fourth-order valence-corrected chi connectivity index (χ4v) is 3.67. The standard InChI is InChI=1S/C18H25N3O4/c1-3-4-15-11-25-12-16-10-20(5-6-21(15)16)17(22)13-7-14(9-19-8-13)18(23)24-2/h7-9,15-16H,3-6,10-12H2,1-2H3/t15-,16+/m0/s1. The highest BCUT2D eigenvalue weighted by atomic mass is 16.5. The molecule has 0 N–H and O–H groups in total. The summed E-state index contributed by atoms with van der Waals surface area (Å²) in [6.07, 6.45) is 5.16. The van der Waals surface area contributed by atoms with Crippen molar-refractivity contribution in [2.24, 2.45) is 0 Å². The van der Waals surface area contributed by atoms with Gasteiger partial charge in [0, 0.05) is 38.1 Å².